The second-order valence-corrected chi connectivity index (χ2v) is 6.46. The van der Waals surface area contributed by atoms with Gasteiger partial charge in [-0.1, -0.05) is 6.07 Å². The maximum atomic E-state index is 14.4. The van der Waals surface area contributed by atoms with Gasteiger partial charge < -0.3 is 15.2 Å². The number of carboxylic acids is 1. The molecule has 1 aliphatic heterocycles. The largest absolute Gasteiger partial charge is 0.478 e. The van der Waals surface area contributed by atoms with E-state index < -0.39 is 35.6 Å². The predicted molar refractivity (Wildman–Crippen MR) is 103 cm³/mol. The zero-order chi connectivity index (χ0) is 22.0. The van der Waals surface area contributed by atoms with Crippen LogP contribution in [0.2, 0.25) is 0 Å². The zero-order valence-corrected chi connectivity index (χ0v) is 16.1. The van der Waals surface area contributed by atoms with Gasteiger partial charge in [0.15, 0.2) is 0 Å². The standard InChI is InChI=1S/C21H18F2N2O5/c1-3-30-20(28)17-11(2)25(14-7-4-12(5-8-14)19(26)27)21(29)24-18(17)15-9-6-13(22)10-16(15)23/h4-10,18H,3H2,1-2H3,(H,24,29)(H,26,27)/t18-/m1/s1. The number of hydrogen-bond donors (Lipinski definition) is 2. The van der Waals surface area contributed by atoms with Crippen molar-refractivity contribution in [1.29, 1.82) is 0 Å². The van der Waals surface area contributed by atoms with Crippen LogP contribution in [0, 0.1) is 11.6 Å². The number of carbonyl (C=O) groups is 3. The van der Waals surface area contributed by atoms with E-state index in [2.05, 4.69) is 5.32 Å². The Bertz CT molecular complexity index is 1050. The number of carboxylic acid groups (broad SMARTS) is 1. The first-order valence-corrected chi connectivity index (χ1v) is 9.01. The average Bonchev–Trinajstić information content (AvgIpc) is 2.68. The van der Waals surface area contributed by atoms with Crippen LogP contribution in [0.5, 0.6) is 0 Å². The molecular formula is C21H18F2N2O5. The molecule has 1 aliphatic rings. The number of allylic oxidation sites excluding steroid dienone is 1. The van der Waals surface area contributed by atoms with Crippen LogP contribution >= 0.6 is 0 Å². The number of rotatable bonds is 5. The molecule has 3 rings (SSSR count). The summed E-state index contributed by atoms with van der Waals surface area (Å²) in [6.07, 6.45) is 0. The van der Waals surface area contributed by atoms with Gasteiger partial charge in [-0.3, -0.25) is 4.90 Å². The summed E-state index contributed by atoms with van der Waals surface area (Å²) in [5.41, 5.74) is 0.385. The van der Waals surface area contributed by atoms with E-state index in [1.165, 1.54) is 31.2 Å². The molecule has 0 saturated carbocycles. The first-order valence-electron chi connectivity index (χ1n) is 9.01. The van der Waals surface area contributed by atoms with Crippen LogP contribution in [0.1, 0.15) is 35.8 Å². The van der Waals surface area contributed by atoms with Gasteiger partial charge in [0, 0.05) is 17.3 Å². The molecule has 1 heterocycles. The Hall–Kier alpha value is -3.75. The summed E-state index contributed by atoms with van der Waals surface area (Å²) in [5.74, 6) is -3.61. The van der Waals surface area contributed by atoms with Gasteiger partial charge >= 0.3 is 18.0 Å². The van der Waals surface area contributed by atoms with Crippen LogP contribution in [0.4, 0.5) is 19.3 Å². The lowest BCUT2D eigenvalue weighted by atomic mass is 9.94. The lowest BCUT2D eigenvalue weighted by Gasteiger charge is -2.35. The maximum absolute atomic E-state index is 14.4. The normalized spacial score (nSPS) is 16.3. The van der Waals surface area contributed by atoms with Crippen LogP contribution in [0.25, 0.3) is 0 Å². The lowest BCUT2D eigenvalue weighted by Crippen LogP contribution is -2.48. The predicted octanol–water partition coefficient (Wildman–Crippen LogP) is 3.77. The number of urea groups is 1. The fourth-order valence-corrected chi connectivity index (χ4v) is 3.25. The average molecular weight is 416 g/mol. The van der Waals surface area contributed by atoms with E-state index in [4.69, 9.17) is 9.84 Å². The minimum Gasteiger partial charge on any atom is -0.478 e. The van der Waals surface area contributed by atoms with Gasteiger partial charge in [-0.25, -0.2) is 23.2 Å². The molecule has 0 saturated heterocycles. The molecule has 2 N–H and O–H groups in total. The number of hydrogen-bond acceptors (Lipinski definition) is 4. The summed E-state index contributed by atoms with van der Waals surface area (Å²) in [7, 11) is 0. The van der Waals surface area contributed by atoms with Crippen LogP contribution in [0.3, 0.4) is 0 Å². The minimum atomic E-state index is -1.19. The Morgan fingerprint density at radius 2 is 1.83 bits per heavy atom. The molecule has 0 aromatic heterocycles. The lowest BCUT2D eigenvalue weighted by molar-refractivity contribution is -0.139. The third-order valence-electron chi connectivity index (χ3n) is 4.63. The second kappa shape index (κ2) is 8.32. The van der Waals surface area contributed by atoms with Crippen molar-refractivity contribution in [2.75, 3.05) is 11.5 Å². The number of esters is 1. The van der Waals surface area contributed by atoms with Crippen molar-refractivity contribution in [1.82, 2.24) is 5.32 Å². The molecule has 0 spiro atoms. The van der Waals surface area contributed by atoms with E-state index in [9.17, 15) is 23.2 Å². The van der Waals surface area contributed by atoms with E-state index in [1.807, 2.05) is 0 Å². The molecular weight excluding hydrogens is 398 g/mol. The summed E-state index contributed by atoms with van der Waals surface area (Å²) < 4.78 is 32.8. The first-order chi connectivity index (χ1) is 14.2. The van der Waals surface area contributed by atoms with Gasteiger partial charge in [0.05, 0.1) is 29.5 Å². The third-order valence-corrected chi connectivity index (χ3v) is 4.63. The van der Waals surface area contributed by atoms with Gasteiger partial charge in [0.2, 0.25) is 0 Å². The van der Waals surface area contributed by atoms with Crippen molar-refractivity contribution in [3.8, 4) is 0 Å². The van der Waals surface area contributed by atoms with Crippen LogP contribution < -0.4 is 10.2 Å². The molecule has 0 fully saturated rings. The monoisotopic (exact) mass is 416 g/mol. The van der Waals surface area contributed by atoms with Crippen LogP contribution in [-0.2, 0) is 9.53 Å². The number of nitrogens with zero attached hydrogens (tertiary/aromatic N) is 1. The topological polar surface area (TPSA) is 95.9 Å². The molecule has 0 aliphatic carbocycles. The van der Waals surface area contributed by atoms with Gasteiger partial charge in [-0.2, -0.15) is 0 Å². The number of halogens is 2. The van der Waals surface area contributed by atoms with Crippen molar-refractivity contribution < 1.29 is 33.0 Å². The third kappa shape index (κ3) is 3.86. The number of anilines is 1. The smallest absolute Gasteiger partial charge is 0.338 e. The highest BCUT2D eigenvalue weighted by Crippen LogP contribution is 2.35. The molecule has 0 radical (unpaired) electrons. The van der Waals surface area contributed by atoms with Crippen molar-refractivity contribution >= 4 is 23.7 Å². The van der Waals surface area contributed by atoms with E-state index >= 15 is 0 Å². The molecule has 1 atom stereocenters. The molecule has 30 heavy (non-hydrogen) atoms. The summed E-state index contributed by atoms with van der Waals surface area (Å²) in [6, 6.07) is 6.43. The molecule has 9 heteroatoms. The van der Waals surface area contributed by atoms with Crippen LogP contribution in [0.15, 0.2) is 53.7 Å². The Labute approximate surface area is 170 Å². The van der Waals surface area contributed by atoms with Crippen LogP contribution in [-0.4, -0.2) is 29.7 Å². The fraction of sp³-hybridized carbons (Fsp3) is 0.190. The molecule has 156 valence electrons. The number of benzene rings is 2. The highest BCUT2D eigenvalue weighted by molar-refractivity contribution is 6.03. The van der Waals surface area contributed by atoms with E-state index in [0.29, 0.717) is 11.8 Å². The summed E-state index contributed by atoms with van der Waals surface area (Å²) >= 11 is 0. The van der Waals surface area contributed by atoms with Crippen molar-refractivity contribution in [3.05, 3.63) is 76.5 Å². The summed E-state index contributed by atoms with van der Waals surface area (Å²) in [6.45, 7) is 3.14. The SMILES string of the molecule is CCOC(=O)C1=C(C)N(c2ccc(C(=O)O)cc2)C(=O)N[C@@H]1c1ccc(F)cc1F. The molecule has 7 nitrogen and oxygen atoms in total. The second-order valence-electron chi connectivity index (χ2n) is 6.46. The first kappa shape index (κ1) is 21.0. The number of nitrogens with one attached hydrogen (secondary N) is 1. The number of carbonyl (C=O) groups excluding carboxylic acids is 2. The number of aromatic carboxylic acids is 1. The number of ether oxygens (including phenoxy) is 1. The maximum Gasteiger partial charge on any atom is 0.338 e. The van der Waals surface area contributed by atoms with E-state index in [0.717, 1.165) is 17.0 Å². The van der Waals surface area contributed by atoms with Gasteiger partial charge in [0.1, 0.15) is 11.6 Å². The zero-order valence-electron chi connectivity index (χ0n) is 16.1. The molecule has 0 bridgehead atoms. The van der Waals surface area contributed by atoms with E-state index in [1.54, 1.807) is 6.92 Å². The van der Waals surface area contributed by atoms with Gasteiger partial charge in [-0.15, -0.1) is 0 Å². The molecule has 2 amide bonds. The van der Waals surface area contributed by atoms with E-state index in [-0.39, 0.29) is 29.0 Å². The fourth-order valence-electron chi connectivity index (χ4n) is 3.25. The molecule has 0 unspecified atom stereocenters. The quantitative estimate of drug-likeness (QED) is 0.724. The Balaban J connectivity index is 2.13. The highest BCUT2D eigenvalue weighted by atomic mass is 19.1. The summed E-state index contributed by atoms with van der Waals surface area (Å²) in [4.78, 5) is 37.7. The summed E-state index contributed by atoms with van der Waals surface area (Å²) in [5, 5.41) is 11.6. The van der Waals surface area contributed by atoms with Crippen molar-refractivity contribution in [3.63, 3.8) is 0 Å². The number of amides is 2. The Morgan fingerprint density at radius 1 is 1.17 bits per heavy atom. The van der Waals surface area contributed by atoms with Crippen molar-refractivity contribution in [2.45, 2.75) is 19.9 Å². The highest BCUT2D eigenvalue weighted by Gasteiger charge is 2.38. The Kier molecular flexibility index (Phi) is 5.81. The Morgan fingerprint density at radius 3 is 2.40 bits per heavy atom. The molecule has 2 aromatic carbocycles. The molecule has 2 aromatic rings. The van der Waals surface area contributed by atoms with Crippen molar-refractivity contribution in [2.24, 2.45) is 0 Å². The van der Waals surface area contributed by atoms with Gasteiger partial charge in [-0.05, 0) is 44.2 Å². The van der Waals surface area contributed by atoms with Gasteiger partial charge in [0.25, 0.3) is 0 Å². The minimum absolute atomic E-state index is 0.0228.